The number of likely N-dealkylation sites (tertiary alicyclic amines) is 1. The molecule has 3 aromatic carbocycles. The van der Waals surface area contributed by atoms with Crippen molar-refractivity contribution in [3.63, 3.8) is 0 Å². The van der Waals surface area contributed by atoms with Crippen LogP contribution in [0.4, 0.5) is 0 Å². The zero-order chi connectivity index (χ0) is 31.6. The molecular weight excluding hydrogens is 566 g/mol. The molecule has 2 fully saturated rings. The van der Waals surface area contributed by atoms with Gasteiger partial charge in [-0.1, -0.05) is 60.7 Å². The fourth-order valence-electron chi connectivity index (χ4n) is 6.63. The summed E-state index contributed by atoms with van der Waals surface area (Å²) in [7, 11) is 0. The van der Waals surface area contributed by atoms with Gasteiger partial charge in [0, 0.05) is 44.6 Å². The lowest BCUT2D eigenvalue weighted by Gasteiger charge is -2.31. The molecule has 238 valence electrons. The molecule has 2 saturated heterocycles. The minimum absolute atomic E-state index is 0.0833. The van der Waals surface area contributed by atoms with Gasteiger partial charge in [0.25, 0.3) is 5.91 Å². The van der Waals surface area contributed by atoms with Gasteiger partial charge >= 0.3 is 0 Å². The number of carbonyl (C=O) groups is 2. The number of hydrogen-bond donors (Lipinski definition) is 4. The van der Waals surface area contributed by atoms with E-state index in [9.17, 15) is 14.5 Å². The molecule has 0 aromatic heterocycles. The molecule has 5 rings (SSSR count). The number of nitroso groups, excluding NO2 is 1. The van der Waals surface area contributed by atoms with Gasteiger partial charge in [-0.25, -0.2) is 0 Å². The summed E-state index contributed by atoms with van der Waals surface area (Å²) in [6.07, 6.45) is 5.76. The van der Waals surface area contributed by atoms with Crippen LogP contribution in [0.1, 0.15) is 66.8 Å². The van der Waals surface area contributed by atoms with Crippen molar-refractivity contribution in [1.29, 1.82) is 5.41 Å². The molecular formula is C35H46N7O3+. The highest BCUT2D eigenvalue weighted by Crippen LogP contribution is 2.27. The Balaban J connectivity index is 1.30. The fraction of sp³-hybridized carbons (Fsp3) is 0.457. The van der Waals surface area contributed by atoms with Crippen LogP contribution in [0, 0.1) is 16.2 Å². The smallest absolute Gasteiger partial charge is 0.251 e. The summed E-state index contributed by atoms with van der Waals surface area (Å²) in [5.74, 6) is -0.480. The Morgan fingerprint density at radius 2 is 1.67 bits per heavy atom. The Kier molecular flexibility index (Phi) is 11.0. The van der Waals surface area contributed by atoms with Crippen molar-refractivity contribution in [2.75, 3.05) is 39.3 Å². The molecule has 2 heterocycles. The van der Waals surface area contributed by atoms with E-state index >= 15 is 0 Å². The predicted octanol–water partition coefficient (Wildman–Crippen LogP) is 4.40. The van der Waals surface area contributed by atoms with Crippen molar-refractivity contribution in [1.82, 2.24) is 20.5 Å². The zero-order valence-corrected chi connectivity index (χ0v) is 26.0. The highest BCUT2D eigenvalue weighted by Gasteiger charge is 2.40. The zero-order valence-electron chi connectivity index (χ0n) is 26.0. The van der Waals surface area contributed by atoms with Gasteiger partial charge < -0.3 is 21.3 Å². The van der Waals surface area contributed by atoms with E-state index in [0.717, 1.165) is 60.0 Å². The van der Waals surface area contributed by atoms with E-state index in [1.165, 1.54) is 0 Å². The van der Waals surface area contributed by atoms with Crippen LogP contribution in [0.5, 0.6) is 0 Å². The second-order valence-electron chi connectivity index (χ2n) is 12.4. The van der Waals surface area contributed by atoms with Crippen LogP contribution in [0.3, 0.4) is 0 Å². The number of benzene rings is 3. The molecule has 2 aliphatic rings. The summed E-state index contributed by atoms with van der Waals surface area (Å²) in [5, 5.41) is 17.3. The first-order valence-electron chi connectivity index (χ1n) is 16.3. The summed E-state index contributed by atoms with van der Waals surface area (Å²) in [6, 6.07) is 23.2. The molecule has 0 saturated carbocycles. The first-order valence-corrected chi connectivity index (χ1v) is 16.3. The Morgan fingerprint density at radius 1 is 0.933 bits per heavy atom. The second kappa shape index (κ2) is 15.5. The van der Waals surface area contributed by atoms with Crippen LogP contribution in [0.15, 0.2) is 72.8 Å². The summed E-state index contributed by atoms with van der Waals surface area (Å²) < 4.78 is 0. The molecule has 3 atom stereocenters. The van der Waals surface area contributed by atoms with Gasteiger partial charge in [-0.05, 0) is 66.5 Å². The number of hydrogen-bond acceptors (Lipinski definition) is 4. The maximum Gasteiger partial charge on any atom is 0.251 e. The summed E-state index contributed by atoms with van der Waals surface area (Å²) in [5.41, 5.74) is 7.01. The second-order valence-corrected chi connectivity index (χ2v) is 12.4. The molecule has 0 bridgehead atoms. The summed E-state index contributed by atoms with van der Waals surface area (Å²) in [4.78, 5) is 44.1. The monoisotopic (exact) mass is 612 g/mol. The predicted molar refractivity (Wildman–Crippen MR) is 177 cm³/mol. The third-order valence-electron chi connectivity index (χ3n) is 9.15. The molecule has 3 aromatic rings. The van der Waals surface area contributed by atoms with Gasteiger partial charge in [-0.2, -0.15) is 0 Å². The van der Waals surface area contributed by atoms with Crippen LogP contribution in [-0.2, 0) is 4.79 Å². The molecule has 0 aliphatic carbocycles. The minimum atomic E-state index is -0.440. The average Bonchev–Trinajstić information content (AvgIpc) is 3.22. The Morgan fingerprint density at radius 3 is 2.42 bits per heavy atom. The maximum atomic E-state index is 14.0. The van der Waals surface area contributed by atoms with Crippen molar-refractivity contribution in [2.24, 2.45) is 11.7 Å². The SMILES string of the molecule is N=C(N)NCCC[C@H]1C[C@@H](CNC(=O)c2ccc3ccccc3c2)CCN(CC(C(=O)N2CCCCC2)c2ccccc2)[N+]1=O. The lowest BCUT2D eigenvalue weighted by atomic mass is 9.94. The third kappa shape index (κ3) is 8.59. The van der Waals surface area contributed by atoms with Gasteiger partial charge in [-0.3, -0.25) is 15.0 Å². The number of piperidine rings is 1. The highest BCUT2D eigenvalue weighted by atomic mass is 16.3. The molecule has 2 amide bonds. The van der Waals surface area contributed by atoms with Crippen molar-refractivity contribution in [3.8, 4) is 0 Å². The van der Waals surface area contributed by atoms with Crippen molar-refractivity contribution in [2.45, 2.75) is 56.9 Å². The topological polar surface area (TPSA) is 135 Å². The van der Waals surface area contributed by atoms with Gasteiger partial charge in [0.2, 0.25) is 11.9 Å². The number of rotatable bonds is 11. The van der Waals surface area contributed by atoms with Gasteiger partial charge in [0.15, 0.2) is 5.96 Å². The van der Waals surface area contributed by atoms with E-state index in [4.69, 9.17) is 11.1 Å². The number of amides is 2. The summed E-state index contributed by atoms with van der Waals surface area (Å²) >= 11 is 0. The molecule has 0 radical (unpaired) electrons. The Hall–Kier alpha value is -4.47. The molecule has 10 nitrogen and oxygen atoms in total. The number of nitrogens with zero attached hydrogens (tertiary/aromatic N) is 3. The molecule has 2 aliphatic heterocycles. The number of fused-ring (bicyclic) bond motifs is 1. The van der Waals surface area contributed by atoms with E-state index in [1.807, 2.05) is 82.7 Å². The average molecular weight is 613 g/mol. The fourth-order valence-corrected chi connectivity index (χ4v) is 6.63. The van der Waals surface area contributed by atoms with E-state index in [0.29, 0.717) is 51.0 Å². The molecule has 0 spiro atoms. The number of nitrogens with one attached hydrogen (secondary N) is 3. The lowest BCUT2D eigenvalue weighted by Crippen LogP contribution is -2.46. The minimum Gasteiger partial charge on any atom is -0.370 e. The van der Waals surface area contributed by atoms with Gasteiger partial charge in [-0.15, -0.1) is 5.01 Å². The third-order valence-corrected chi connectivity index (χ3v) is 9.15. The summed E-state index contributed by atoms with van der Waals surface area (Å²) in [6.45, 7) is 3.29. The number of guanidine groups is 1. The number of carbonyl (C=O) groups excluding carboxylic acids is 2. The van der Waals surface area contributed by atoms with Crippen molar-refractivity contribution < 1.29 is 14.5 Å². The first-order chi connectivity index (χ1) is 21.9. The quantitative estimate of drug-likeness (QED) is 0.110. The maximum absolute atomic E-state index is 14.0. The molecule has 5 N–H and O–H groups in total. The van der Waals surface area contributed by atoms with Gasteiger partial charge in [0.05, 0.1) is 23.9 Å². The van der Waals surface area contributed by atoms with E-state index in [-0.39, 0.29) is 29.7 Å². The van der Waals surface area contributed by atoms with E-state index in [1.54, 1.807) is 0 Å². The van der Waals surface area contributed by atoms with E-state index in [2.05, 4.69) is 10.6 Å². The standard InChI is InChI=1S/C35H45N7O3/c36-35(37)38-18-9-14-31-22-26(24-39-33(43)30-16-15-27-10-5-6-13-29(27)23-30)17-21-41(42(31)45)25-32(28-11-3-1-4-12-28)34(44)40-19-7-2-8-20-40/h1,3-6,10-13,15-16,23,26,31-32H,2,7-9,14,17-22,24-25H2,(H4-,36,37,38,39,43)/p+1/t26-,31-,32?/m0/s1. The number of hydrazine groups is 1. The first kappa shape index (κ1) is 31.9. The van der Waals surface area contributed by atoms with Crippen molar-refractivity contribution >= 4 is 28.5 Å². The van der Waals surface area contributed by atoms with E-state index < -0.39 is 5.92 Å². The van der Waals surface area contributed by atoms with Crippen LogP contribution >= 0.6 is 0 Å². The Bertz CT molecular complexity index is 1470. The number of nitrogens with two attached hydrogens (primary N) is 1. The van der Waals surface area contributed by atoms with Crippen LogP contribution in [0.25, 0.3) is 10.8 Å². The van der Waals surface area contributed by atoms with Crippen LogP contribution < -0.4 is 16.4 Å². The Labute approximate surface area is 265 Å². The molecule has 45 heavy (non-hydrogen) atoms. The highest BCUT2D eigenvalue weighted by molar-refractivity contribution is 5.98. The van der Waals surface area contributed by atoms with Crippen molar-refractivity contribution in [3.05, 3.63) is 88.8 Å². The van der Waals surface area contributed by atoms with Gasteiger partial charge in [0.1, 0.15) is 4.87 Å². The molecule has 1 unspecified atom stereocenters. The van der Waals surface area contributed by atoms with Crippen LogP contribution in [-0.4, -0.2) is 77.9 Å². The van der Waals surface area contributed by atoms with Crippen LogP contribution in [0.2, 0.25) is 0 Å². The lowest BCUT2D eigenvalue weighted by molar-refractivity contribution is -0.734. The normalized spacial score (nSPS) is 19.5. The molecule has 10 heteroatoms. The largest absolute Gasteiger partial charge is 0.370 e.